The van der Waals surface area contributed by atoms with Gasteiger partial charge in [0.15, 0.2) is 5.96 Å². The van der Waals surface area contributed by atoms with E-state index in [4.69, 9.17) is 14.7 Å². The number of halogens is 1. The third-order valence-corrected chi connectivity index (χ3v) is 7.07. The number of thiazole rings is 1. The van der Waals surface area contributed by atoms with Crippen molar-refractivity contribution in [1.29, 1.82) is 0 Å². The van der Waals surface area contributed by atoms with Crippen LogP contribution in [0.25, 0.3) is 0 Å². The van der Waals surface area contributed by atoms with Crippen molar-refractivity contribution in [3.8, 4) is 0 Å². The van der Waals surface area contributed by atoms with Gasteiger partial charge in [-0.15, -0.1) is 35.3 Å². The number of aliphatic imine (C=N–C) groups is 1. The molecule has 0 radical (unpaired) electrons. The Kier molecular flexibility index (Phi) is 9.28. The Morgan fingerprint density at radius 2 is 2.26 bits per heavy atom. The molecule has 4 atom stereocenters. The number of ether oxygens (including phenoxy) is 1. The number of fused-ring (bicyclic) bond motifs is 2. The molecule has 0 spiro atoms. The van der Waals surface area contributed by atoms with Crippen molar-refractivity contribution >= 4 is 41.3 Å². The minimum atomic E-state index is 0. The summed E-state index contributed by atoms with van der Waals surface area (Å²) in [6, 6.07) is 0. The van der Waals surface area contributed by atoms with Gasteiger partial charge in [0.1, 0.15) is 11.1 Å². The summed E-state index contributed by atoms with van der Waals surface area (Å²) < 4.78 is 5.36. The van der Waals surface area contributed by atoms with E-state index in [9.17, 15) is 0 Å². The average molecular weight is 506 g/mol. The number of nitrogens with one attached hydrogen (secondary N) is 1. The lowest BCUT2D eigenvalue weighted by Gasteiger charge is -2.23. The van der Waals surface area contributed by atoms with E-state index in [-0.39, 0.29) is 30.1 Å². The standard InChI is InChI=1S/C20H34N4OS.HI/c1-5-21-20(22-9-8-17-11-15-6-7-16(17)10-15)24(3)12-18-13-26-19(23-18)14(2)25-4;/h13-17H,5-12H2,1-4H3,(H,21,22);1H. The van der Waals surface area contributed by atoms with Gasteiger partial charge in [0.2, 0.25) is 0 Å². The van der Waals surface area contributed by atoms with E-state index in [0.717, 1.165) is 54.0 Å². The molecule has 2 saturated carbocycles. The molecular formula is C20H35IN4OS. The van der Waals surface area contributed by atoms with Crippen LogP contribution in [0.2, 0.25) is 0 Å². The highest BCUT2D eigenvalue weighted by Crippen LogP contribution is 2.49. The lowest BCUT2D eigenvalue weighted by Crippen LogP contribution is -2.38. The van der Waals surface area contributed by atoms with Crippen LogP contribution in [0.15, 0.2) is 10.4 Å². The molecule has 7 heteroatoms. The SMILES string of the molecule is CCNC(=NCCC1CC2CCC1C2)N(C)Cc1csc(C(C)OC)n1.I. The lowest BCUT2D eigenvalue weighted by atomic mass is 9.86. The van der Waals surface area contributed by atoms with E-state index in [1.54, 1.807) is 18.4 Å². The lowest BCUT2D eigenvalue weighted by molar-refractivity contribution is 0.119. The molecule has 2 aliphatic rings. The fourth-order valence-electron chi connectivity index (χ4n) is 4.54. The van der Waals surface area contributed by atoms with Crippen LogP contribution >= 0.6 is 35.3 Å². The molecule has 0 saturated heterocycles. The summed E-state index contributed by atoms with van der Waals surface area (Å²) in [5, 5.41) is 6.59. The summed E-state index contributed by atoms with van der Waals surface area (Å²) in [7, 11) is 3.82. The molecule has 0 aromatic carbocycles. The van der Waals surface area contributed by atoms with Gasteiger partial charge >= 0.3 is 0 Å². The summed E-state index contributed by atoms with van der Waals surface area (Å²) in [6.45, 7) is 6.75. The first kappa shape index (κ1) is 22.9. The van der Waals surface area contributed by atoms with E-state index in [1.165, 1.54) is 32.1 Å². The number of hydrogen-bond acceptors (Lipinski definition) is 4. The van der Waals surface area contributed by atoms with Crippen molar-refractivity contribution < 1.29 is 4.74 Å². The third-order valence-electron chi connectivity index (χ3n) is 6.01. The van der Waals surface area contributed by atoms with Gasteiger partial charge in [0.05, 0.1) is 12.2 Å². The van der Waals surface area contributed by atoms with Gasteiger partial charge < -0.3 is 15.0 Å². The van der Waals surface area contributed by atoms with Gasteiger partial charge in [-0.2, -0.15) is 0 Å². The van der Waals surface area contributed by atoms with Crippen molar-refractivity contribution in [3.05, 3.63) is 16.1 Å². The van der Waals surface area contributed by atoms with Crippen LogP contribution in [0.3, 0.4) is 0 Å². The normalized spacial score (nSPS) is 25.3. The van der Waals surface area contributed by atoms with Gasteiger partial charge in [0, 0.05) is 32.6 Å². The maximum atomic E-state index is 5.36. The Labute approximate surface area is 185 Å². The molecule has 5 nitrogen and oxygen atoms in total. The fraction of sp³-hybridized carbons (Fsp3) is 0.800. The molecule has 0 amide bonds. The minimum Gasteiger partial charge on any atom is -0.375 e. The number of methoxy groups -OCH3 is 1. The summed E-state index contributed by atoms with van der Waals surface area (Å²) in [5.41, 5.74) is 1.08. The Hall–Kier alpha value is -0.410. The molecule has 27 heavy (non-hydrogen) atoms. The number of aromatic nitrogens is 1. The quantitative estimate of drug-likeness (QED) is 0.316. The van der Waals surface area contributed by atoms with Crippen LogP contribution in [0.5, 0.6) is 0 Å². The zero-order chi connectivity index (χ0) is 18.5. The van der Waals surface area contributed by atoms with Crippen LogP contribution in [-0.4, -0.2) is 43.1 Å². The van der Waals surface area contributed by atoms with Gasteiger partial charge in [0.25, 0.3) is 0 Å². The Morgan fingerprint density at radius 1 is 1.44 bits per heavy atom. The van der Waals surface area contributed by atoms with Crippen molar-refractivity contribution in [1.82, 2.24) is 15.2 Å². The maximum absolute atomic E-state index is 5.36. The van der Waals surface area contributed by atoms with E-state index in [2.05, 4.69) is 29.6 Å². The zero-order valence-electron chi connectivity index (χ0n) is 17.1. The molecule has 1 heterocycles. The number of hydrogen-bond donors (Lipinski definition) is 1. The topological polar surface area (TPSA) is 49.8 Å². The van der Waals surface area contributed by atoms with E-state index in [0.29, 0.717) is 0 Å². The first-order valence-corrected chi connectivity index (χ1v) is 10.9. The highest BCUT2D eigenvalue weighted by Gasteiger charge is 2.38. The maximum Gasteiger partial charge on any atom is 0.194 e. The Morgan fingerprint density at radius 3 is 2.89 bits per heavy atom. The molecule has 3 rings (SSSR count). The summed E-state index contributed by atoms with van der Waals surface area (Å²) in [4.78, 5) is 11.8. The number of rotatable bonds is 8. The van der Waals surface area contributed by atoms with E-state index in [1.807, 2.05) is 6.92 Å². The number of guanidine groups is 1. The molecule has 2 fully saturated rings. The summed E-state index contributed by atoms with van der Waals surface area (Å²) in [5.74, 6) is 3.93. The van der Waals surface area contributed by atoms with Crippen LogP contribution in [0.4, 0.5) is 0 Å². The Bertz CT molecular complexity index is 609. The molecule has 2 aliphatic carbocycles. The molecule has 154 valence electrons. The zero-order valence-corrected chi connectivity index (χ0v) is 20.3. The fourth-order valence-corrected chi connectivity index (χ4v) is 5.38. The molecule has 4 unspecified atom stereocenters. The summed E-state index contributed by atoms with van der Waals surface area (Å²) >= 11 is 1.67. The van der Waals surface area contributed by atoms with Gasteiger partial charge in [-0.25, -0.2) is 4.98 Å². The van der Waals surface area contributed by atoms with Crippen molar-refractivity contribution in [2.24, 2.45) is 22.7 Å². The van der Waals surface area contributed by atoms with Crippen molar-refractivity contribution in [2.75, 3.05) is 27.2 Å². The van der Waals surface area contributed by atoms with Gasteiger partial charge in [-0.1, -0.05) is 6.42 Å². The molecule has 2 bridgehead atoms. The molecule has 1 aromatic rings. The monoisotopic (exact) mass is 506 g/mol. The highest BCUT2D eigenvalue weighted by atomic mass is 127. The first-order valence-electron chi connectivity index (χ1n) is 10.1. The number of nitrogens with zero attached hydrogens (tertiary/aromatic N) is 3. The molecule has 0 aliphatic heterocycles. The highest BCUT2D eigenvalue weighted by molar-refractivity contribution is 14.0. The van der Waals surface area contributed by atoms with E-state index >= 15 is 0 Å². The van der Waals surface area contributed by atoms with Crippen molar-refractivity contribution in [3.63, 3.8) is 0 Å². The smallest absolute Gasteiger partial charge is 0.194 e. The molecule has 1 aromatic heterocycles. The van der Waals surface area contributed by atoms with E-state index < -0.39 is 0 Å². The molecule has 1 N–H and O–H groups in total. The van der Waals surface area contributed by atoms with Gasteiger partial charge in [-0.3, -0.25) is 4.99 Å². The third kappa shape index (κ3) is 6.03. The molecular weight excluding hydrogens is 471 g/mol. The minimum absolute atomic E-state index is 0. The van der Waals surface area contributed by atoms with Gasteiger partial charge in [-0.05, 0) is 57.3 Å². The Balaban J connectivity index is 0.00000261. The predicted octanol–water partition coefficient (Wildman–Crippen LogP) is 4.69. The van der Waals surface area contributed by atoms with Crippen LogP contribution in [-0.2, 0) is 11.3 Å². The van der Waals surface area contributed by atoms with Crippen molar-refractivity contribution in [2.45, 2.75) is 58.6 Å². The first-order chi connectivity index (χ1) is 12.6. The predicted molar refractivity (Wildman–Crippen MR) is 124 cm³/mol. The summed E-state index contributed by atoms with van der Waals surface area (Å²) in [6.07, 6.45) is 7.18. The average Bonchev–Trinajstić information content (AvgIpc) is 3.37. The second kappa shape index (κ2) is 11.0. The second-order valence-electron chi connectivity index (χ2n) is 7.87. The largest absolute Gasteiger partial charge is 0.375 e. The van der Waals surface area contributed by atoms with Crippen LogP contribution < -0.4 is 5.32 Å². The van der Waals surface area contributed by atoms with Crippen LogP contribution in [0.1, 0.15) is 62.8 Å². The van der Waals surface area contributed by atoms with Crippen LogP contribution in [0, 0.1) is 17.8 Å². The second-order valence-corrected chi connectivity index (χ2v) is 8.76.